The molecule has 1 aromatic heterocycles. The van der Waals surface area contributed by atoms with Gasteiger partial charge in [-0.1, -0.05) is 24.3 Å². The van der Waals surface area contributed by atoms with E-state index in [0.29, 0.717) is 6.54 Å². The van der Waals surface area contributed by atoms with Crippen molar-refractivity contribution in [3.05, 3.63) is 48.2 Å². The topological polar surface area (TPSA) is 48.1 Å². The highest BCUT2D eigenvalue weighted by molar-refractivity contribution is 5.85. The van der Waals surface area contributed by atoms with Crippen LogP contribution in [0.15, 0.2) is 36.9 Å². The zero-order valence-electron chi connectivity index (χ0n) is 11.5. The second-order valence-electron chi connectivity index (χ2n) is 5.09. The maximum Gasteiger partial charge on any atom is 0.317 e. The molecule has 1 aromatic carbocycles. The van der Waals surface area contributed by atoms with Crippen molar-refractivity contribution in [2.24, 2.45) is 0 Å². The van der Waals surface area contributed by atoms with E-state index in [1.54, 1.807) is 6.08 Å². The Bertz CT molecular complexity index is 644. The van der Waals surface area contributed by atoms with Crippen LogP contribution >= 0.6 is 0 Å². The molecular weight excluding hydrogens is 250 g/mol. The van der Waals surface area contributed by atoms with Crippen molar-refractivity contribution in [2.75, 3.05) is 19.6 Å². The van der Waals surface area contributed by atoms with Gasteiger partial charge in [0.05, 0.1) is 0 Å². The summed E-state index contributed by atoms with van der Waals surface area (Å²) in [6.45, 7) is 5.65. The molecule has 2 N–H and O–H groups in total. The van der Waals surface area contributed by atoms with Crippen LogP contribution in [0, 0.1) is 0 Å². The zero-order valence-corrected chi connectivity index (χ0v) is 11.5. The van der Waals surface area contributed by atoms with Crippen LogP contribution in [-0.2, 0) is 12.8 Å². The summed E-state index contributed by atoms with van der Waals surface area (Å²) in [7, 11) is 0. The van der Waals surface area contributed by atoms with Crippen LogP contribution in [-0.4, -0.2) is 35.5 Å². The number of H-pyrrole nitrogens is 1. The lowest BCUT2D eigenvalue weighted by atomic mass is 10.1. The second kappa shape index (κ2) is 5.41. The summed E-state index contributed by atoms with van der Waals surface area (Å²) in [5, 5.41) is 4.13. The number of carbonyl (C=O) groups is 1. The molecule has 2 heterocycles. The van der Waals surface area contributed by atoms with Crippen molar-refractivity contribution in [3.8, 4) is 0 Å². The van der Waals surface area contributed by atoms with E-state index >= 15 is 0 Å². The van der Waals surface area contributed by atoms with E-state index in [4.69, 9.17) is 0 Å². The summed E-state index contributed by atoms with van der Waals surface area (Å²) < 4.78 is 0. The first kappa shape index (κ1) is 12.8. The second-order valence-corrected chi connectivity index (χ2v) is 5.09. The van der Waals surface area contributed by atoms with Crippen molar-refractivity contribution in [1.82, 2.24) is 15.2 Å². The van der Waals surface area contributed by atoms with Gasteiger partial charge in [0.2, 0.25) is 0 Å². The number of nitrogens with zero attached hydrogens (tertiary/aromatic N) is 1. The standard InChI is InChI=1S/C16H19N3O/c1-2-9-17-16(20)19-10-7-13-12-5-3-4-6-14(12)18-15(13)8-11-19/h2-6,18H,1,7-11H2,(H,17,20). The van der Waals surface area contributed by atoms with Crippen molar-refractivity contribution in [2.45, 2.75) is 12.8 Å². The minimum atomic E-state index is -0.000594. The molecule has 0 atom stereocenters. The third kappa shape index (κ3) is 2.29. The van der Waals surface area contributed by atoms with Crippen molar-refractivity contribution >= 4 is 16.9 Å². The molecule has 0 aliphatic carbocycles. The Balaban J connectivity index is 1.79. The van der Waals surface area contributed by atoms with Gasteiger partial charge in [-0.2, -0.15) is 0 Å². The average Bonchev–Trinajstić information content (AvgIpc) is 2.69. The molecule has 4 nitrogen and oxygen atoms in total. The molecule has 0 bridgehead atoms. The highest BCUT2D eigenvalue weighted by Crippen LogP contribution is 2.25. The first-order valence-electron chi connectivity index (χ1n) is 7.01. The van der Waals surface area contributed by atoms with E-state index < -0.39 is 0 Å². The molecule has 1 aliphatic rings. The van der Waals surface area contributed by atoms with Gasteiger partial charge in [0, 0.05) is 42.7 Å². The number of amides is 2. The molecule has 104 valence electrons. The van der Waals surface area contributed by atoms with Crippen molar-refractivity contribution < 1.29 is 4.79 Å². The minimum Gasteiger partial charge on any atom is -0.358 e. The Morgan fingerprint density at radius 3 is 3.00 bits per heavy atom. The molecule has 4 heteroatoms. The van der Waals surface area contributed by atoms with Gasteiger partial charge in [-0.25, -0.2) is 4.79 Å². The predicted molar refractivity (Wildman–Crippen MR) is 80.9 cm³/mol. The third-order valence-corrected chi connectivity index (χ3v) is 3.85. The summed E-state index contributed by atoms with van der Waals surface area (Å²) in [4.78, 5) is 17.4. The highest BCUT2D eigenvalue weighted by Gasteiger charge is 2.20. The quantitative estimate of drug-likeness (QED) is 0.808. The van der Waals surface area contributed by atoms with E-state index in [-0.39, 0.29) is 6.03 Å². The van der Waals surface area contributed by atoms with Crippen LogP contribution in [0.2, 0.25) is 0 Å². The van der Waals surface area contributed by atoms with E-state index in [0.717, 1.165) is 25.9 Å². The summed E-state index contributed by atoms with van der Waals surface area (Å²) in [6.07, 6.45) is 3.48. The fraction of sp³-hybridized carbons (Fsp3) is 0.312. The number of urea groups is 1. The molecule has 3 rings (SSSR count). The van der Waals surface area contributed by atoms with Crippen LogP contribution in [0.25, 0.3) is 10.9 Å². The largest absolute Gasteiger partial charge is 0.358 e. The number of hydrogen-bond donors (Lipinski definition) is 2. The molecule has 0 saturated heterocycles. The van der Waals surface area contributed by atoms with Gasteiger partial charge >= 0.3 is 6.03 Å². The number of nitrogens with one attached hydrogen (secondary N) is 2. The van der Waals surface area contributed by atoms with Gasteiger partial charge in [0.1, 0.15) is 0 Å². The first-order valence-corrected chi connectivity index (χ1v) is 7.01. The maximum atomic E-state index is 12.0. The number of aromatic amines is 1. The summed E-state index contributed by atoms with van der Waals surface area (Å²) in [6, 6.07) is 8.37. The maximum absolute atomic E-state index is 12.0. The lowest BCUT2D eigenvalue weighted by molar-refractivity contribution is 0.201. The lowest BCUT2D eigenvalue weighted by Crippen LogP contribution is -2.41. The minimum absolute atomic E-state index is 0.000594. The molecule has 2 amide bonds. The van der Waals surface area contributed by atoms with Gasteiger partial charge < -0.3 is 15.2 Å². The Morgan fingerprint density at radius 2 is 2.15 bits per heavy atom. The average molecular weight is 269 g/mol. The van der Waals surface area contributed by atoms with Crippen LogP contribution in [0.5, 0.6) is 0 Å². The smallest absolute Gasteiger partial charge is 0.317 e. The van der Waals surface area contributed by atoms with Gasteiger partial charge in [-0.05, 0) is 18.1 Å². The molecule has 2 aromatic rings. The van der Waals surface area contributed by atoms with Crippen LogP contribution in [0.3, 0.4) is 0 Å². The zero-order chi connectivity index (χ0) is 13.9. The lowest BCUT2D eigenvalue weighted by Gasteiger charge is -2.20. The molecule has 1 aliphatic heterocycles. The Hall–Kier alpha value is -2.23. The highest BCUT2D eigenvalue weighted by atomic mass is 16.2. The normalized spacial score (nSPS) is 14.7. The van der Waals surface area contributed by atoms with Crippen LogP contribution in [0.4, 0.5) is 4.79 Å². The molecular formula is C16H19N3O. The Labute approximate surface area is 118 Å². The molecule has 0 spiro atoms. The van der Waals surface area contributed by atoms with Gasteiger partial charge in [0.15, 0.2) is 0 Å². The third-order valence-electron chi connectivity index (χ3n) is 3.85. The number of para-hydroxylation sites is 1. The number of carbonyl (C=O) groups excluding carboxylic acids is 1. The number of benzene rings is 1. The predicted octanol–water partition coefficient (Wildman–Crippen LogP) is 2.46. The Morgan fingerprint density at radius 1 is 1.35 bits per heavy atom. The van der Waals surface area contributed by atoms with Gasteiger partial charge in [-0.15, -0.1) is 6.58 Å². The summed E-state index contributed by atoms with van der Waals surface area (Å²) >= 11 is 0. The van der Waals surface area contributed by atoms with Gasteiger partial charge in [-0.3, -0.25) is 0 Å². The summed E-state index contributed by atoms with van der Waals surface area (Å²) in [5.41, 5.74) is 3.83. The van der Waals surface area contributed by atoms with E-state index in [2.05, 4.69) is 35.1 Å². The fourth-order valence-corrected chi connectivity index (χ4v) is 2.83. The van der Waals surface area contributed by atoms with Crippen molar-refractivity contribution in [1.29, 1.82) is 0 Å². The SMILES string of the molecule is C=CCNC(=O)N1CCc2[nH]c3ccccc3c2CC1. The van der Waals surface area contributed by atoms with Crippen LogP contribution in [0.1, 0.15) is 11.3 Å². The molecule has 0 saturated carbocycles. The van der Waals surface area contributed by atoms with Crippen molar-refractivity contribution in [3.63, 3.8) is 0 Å². The van der Waals surface area contributed by atoms with Crippen LogP contribution < -0.4 is 5.32 Å². The van der Waals surface area contributed by atoms with E-state index in [1.807, 2.05) is 11.0 Å². The monoisotopic (exact) mass is 269 g/mol. The number of fused-ring (bicyclic) bond motifs is 3. The molecule has 0 fully saturated rings. The molecule has 0 radical (unpaired) electrons. The number of rotatable bonds is 2. The fourth-order valence-electron chi connectivity index (χ4n) is 2.83. The Kier molecular flexibility index (Phi) is 3.46. The van der Waals surface area contributed by atoms with Gasteiger partial charge in [0.25, 0.3) is 0 Å². The molecule has 0 unspecified atom stereocenters. The van der Waals surface area contributed by atoms with E-state index in [1.165, 1.54) is 22.2 Å². The number of aromatic nitrogens is 1. The first-order chi connectivity index (χ1) is 9.79. The summed E-state index contributed by atoms with van der Waals surface area (Å²) in [5.74, 6) is 0. The van der Waals surface area contributed by atoms with E-state index in [9.17, 15) is 4.79 Å². The number of hydrogen-bond acceptors (Lipinski definition) is 1. The molecule has 20 heavy (non-hydrogen) atoms.